The first-order valence-corrected chi connectivity index (χ1v) is 17.2. The third-order valence-electron chi connectivity index (χ3n) is 7.37. The van der Waals surface area contributed by atoms with Crippen LogP contribution in [0.3, 0.4) is 0 Å². The molecule has 0 unspecified atom stereocenters. The maximum absolute atomic E-state index is 12.0. The fraction of sp³-hybridized carbons (Fsp3) is 0.278. The molecule has 11 heteroatoms. The van der Waals surface area contributed by atoms with Crippen molar-refractivity contribution in [3.8, 4) is 17.2 Å². The molecule has 0 fully saturated rings. The highest BCUT2D eigenvalue weighted by atomic mass is 32.2. The summed E-state index contributed by atoms with van der Waals surface area (Å²) in [5.41, 5.74) is 4.53. The SMILES string of the molecule is Cc1c(NS(C)(=O)=O)cccc1N(Cc1ccccc1)Cc1ccc(Oc2ccc(OCCCCC(=O)N(C)CC(=O)O)cc2)cc1. The molecule has 0 radical (unpaired) electrons. The summed E-state index contributed by atoms with van der Waals surface area (Å²) in [6, 6.07) is 30.9. The number of rotatable bonds is 17. The number of carboxylic acid groups (broad SMARTS) is 1. The minimum Gasteiger partial charge on any atom is -0.494 e. The fourth-order valence-electron chi connectivity index (χ4n) is 4.98. The summed E-state index contributed by atoms with van der Waals surface area (Å²) in [5, 5.41) is 8.79. The Hall–Kier alpha value is -5.03. The molecule has 10 nitrogen and oxygen atoms in total. The van der Waals surface area contributed by atoms with E-state index in [0.29, 0.717) is 55.5 Å². The zero-order chi connectivity index (χ0) is 33.8. The third-order valence-corrected chi connectivity index (χ3v) is 7.96. The van der Waals surface area contributed by atoms with Crippen LogP contribution in [0.5, 0.6) is 17.2 Å². The molecule has 0 heterocycles. The molecule has 0 spiro atoms. The van der Waals surface area contributed by atoms with Crippen molar-refractivity contribution in [3.63, 3.8) is 0 Å². The standard InChI is InChI=1S/C36H41N3O7S/c1-27-33(37-47(3,43)44)12-9-13-34(27)39(24-28-10-5-4-6-11-28)25-29-15-17-31(18-16-29)46-32-21-19-30(20-22-32)45-23-8-7-14-35(40)38(2)26-36(41)42/h4-6,9-13,15-22,37H,7-8,14,23-26H2,1-3H3,(H,41,42). The Balaban J connectivity index is 1.34. The molecule has 0 aliphatic carbocycles. The maximum Gasteiger partial charge on any atom is 0.323 e. The highest BCUT2D eigenvalue weighted by Gasteiger charge is 2.16. The third kappa shape index (κ3) is 11.4. The van der Waals surface area contributed by atoms with Crippen LogP contribution in [0.1, 0.15) is 36.0 Å². The van der Waals surface area contributed by atoms with E-state index in [1.54, 1.807) is 6.07 Å². The van der Waals surface area contributed by atoms with E-state index in [1.165, 1.54) is 11.9 Å². The smallest absolute Gasteiger partial charge is 0.323 e. The van der Waals surface area contributed by atoms with Crippen molar-refractivity contribution in [2.24, 2.45) is 0 Å². The van der Waals surface area contributed by atoms with E-state index in [9.17, 15) is 18.0 Å². The number of unbranched alkanes of at least 4 members (excludes halogenated alkanes) is 1. The van der Waals surface area contributed by atoms with E-state index >= 15 is 0 Å². The largest absolute Gasteiger partial charge is 0.494 e. The number of benzene rings is 4. The molecule has 4 rings (SSSR count). The van der Waals surface area contributed by atoms with Gasteiger partial charge < -0.3 is 24.4 Å². The molecule has 0 aliphatic heterocycles. The lowest BCUT2D eigenvalue weighted by atomic mass is 10.1. The number of hydrogen-bond acceptors (Lipinski definition) is 7. The van der Waals surface area contributed by atoms with Gasteiger partial charge in [0, 0.05) is 32.2 Å². The van der Waals surface area contributed by atoms with Crippen LogP contribution in [-0.2, 0) is 32.7 Å². The highest BCUT2D eigenvalue weighted by Crippen LogP contribution is 2.31. The van der Waals surface area contributed by atoms with Gasteiger partial charge in [-0.2, -0.15) is 0 Å². The number of hydrogen-bond donors (Lipinski definition) is 2. The van der Waals surface area contributed by atoms with Crippen LogP contribution in [0.25, 0.3) is 0 Å². The van der Waals surface area contributed by atoms with Crippen molar-refractivity contribution in [2.45, 2.75) is 39.3 Å². The van der Waals surface area contributed by atoms with Gasteiger partial charge >= 0.3 is 5.97 Å². The number of amides is 1. The number of anilines is 2. The van der Waals surface area contributed by atoms with Gasteiger partial charge in [0.2, 0.25) is 15.9 Å². The van der Waals surface area contributed by atoms with E-state index in [4.69, 9.17) is 14.6 Å². The average molecular weight is 660 g/mol. The number of carboxylic acids is 1. The van der Waals surface area contributed by atoms with Crippen LogP contribution in [0.15, 0.2) is 97.1 Å². The number of nitrogens with zero attached hydrogens (tertiary/aromatic N) is 2. The molecule has 0 aliphatic rings. The number of carbonyl (C=O) groups excluding carboxylic acids is 1. The van der Waals surface area contributed by atoms with Crippen molar-refractivity contribution >= 4 is 33.3 Å². The Morgan fingerprint density at radius 2 is 1.38 bits per heavy atom. The van der Waals surface area contributed by atoms with Gasteiger partial charge in [-0.15, -0.1) is 0 Å². The summed E-state index contributed by atoms with van der Waals surface area (Å²) in [6.07, 6.45) is 2.70. The van der Waals surface area contributed by atoms with Crippen LogP contribution in [0, 0.1) is 6.92 Å². The van der Waals surface area contributed by atoms with Crippen molar-refractivity contribution in [1.82, 2.24) is 4.90 Å². The topological polar surface area (TPSA) is 125 Å². The van der Waals surface area contributed by atoms with Crippen molar-refractivity contribution in [1.29, 1.82) is 0 Å². The van der Waals surface area contributed by atoms with Gasteiger partial charge in [-0.05, 0) is 85.0 Å². The van der Waals surface area contributed by atoms with Crippen molar-refractivity contribution in [2.75, 3.05) is 36.1 Å². The summed E-state index contributed by atoms with van der Waals surface area (Å²) < 4.78 is 38.4. The molecule has 47 heavy (non-hydrogen) atoms. The van der Waals surface area contributed by atoms with Gasteiger partial charge in [0.25, 0.3) is 0 Å². The van der Waals surface area contributed by atoms with E-state index in [0.717, 1.165) is 28.6 Å². The van der Waals surface area contributed by atoms with Crippen molar-refractivity contribution in [3.05, 3.63) is 114 Å². The van der Waals surface area contributed by atoms with E-state index in [1.807, 2.05) is 85.8 Å². The molecular formula is C36H41N3O7S. The Morgan fingerprint density at radius 1 is 0.787 bits per heavy atom. The van der Waals surface area contributed by atoms with Crippen LogP contribution in [-0.4, -0.2) is 56.8 Å². The molecule has 0 atom stereocenters. The second-order valence-electron chi connectivity index (χ2n) is 11.3. The first kappa shape index (κ1) is 34.8. The molecule has 2 N–H and O–H groups in total. The van der Waals surface area contributed by atoms with Gasteiger partial charge in [-0.3, -0.25) is 14.3 Å². The van der Waals surface area contributed by atoms with Crippen LogP contribution >= 0.6 is 0 Å². The first-order valence-electron chi connectivity index (χ1n) is 15.3. The molecule has 1 amide bonds. The number of nitrogens with one attached hydrogen (secondary N) is 1. The zero-order valence-electron chi connectivity index (χ0n) is 26.9. The Kier molecular flexibility index (Phi) is 12.2. The van der Waals surface area contributed by atoms with Gasteiger partial charge in [0.05, 0.1) is 18.6 Å². The number of aliphatic carboxylic acids is 1. The average Bonchev–Trinajstić information content (AvgIpc) is 3.03. The summed E-state index contributed by atoms with van der Waals surface area (Å²) in [7, 11) is -1.94. The van der Waals surface area contributed by atoms with Crippen LogP contribution < -0.4 is 19.1 Å². The molecule has 0 saturated heterocycles. The van der Waals surface area contributed by atoms with Gasteiger partial charge in [0.1, 0.15) is 23.8 Å². The summed E-state index contributed by atoms with van der Waals surface area (Å²) in [4.78, 5) is 26.1. The van der Waals surface area contributed by atoms with Crippen LogP contribution in [0.2, 0.25) is 0 Å². The monoisotopic (exact) mass is 659 g/mol. The quantitative estimate of drug-likeness (QED) is 0.124. The fourth-order valence-corrected chi connectivity index (χ4v) is 5.60. The predicted molar refractivity (Wildman–Crippen MR) is 184 cm³/mol. The summed E-state index contributed by atoms with van der Waals surface area (Å²) in [5.74, 6) is 0.803. The lowest BCUT2D eigenvalue weighted by molar-refractivity contribution is -0.143. The van der Waals surface area contributed by atoms with Crippen LogP contribution in [0.4, 0.5) is 11.4 Å². The lowest BCUT2D eigenvalue weighted by Crippen LogP contribution is -2.31. The lowest BCUT2D eigenvalue weighted by Gasteiger charge is -2.28. The normalized spacial score (nSPS) is 11.0. The second-order valence-corrected chi connectivity index (χ2v) is 13.1. The second kappa shape index (κ2) is 16.5. The van der Waals surface area contributed by atoms with E-state index in [-0.39, 0.29) is 18.9 Å². The van der Waals surface area contributed by atoms with Gasteiger partial charge in [-0.25, -0.2) is 8.42 Å². The predicted octanol–water partition coefficient (Wildman–Crippen LogP) is 6.46. The van der Waals surface area contributed by atoms with Gasteiger partial charge in [-0.1, -0.05) is 48.5 Å². The Labute approximate surface area is 276 Å². The number of carbonyl (C=O) groups is 2. The Morgan fingerprint density at radius 3 is 2.00 bits per heavy atom. The molecule has 4 aromatic carbocycles. The Bertz CT molecular complexity index is 1730. The molecule has 248 valence electrons. The number of sulfonamides is 1. The molecule has 0 saturated carbocycles. The maximum atomic E-state index is 12.0. The minimum atomic E-state index is -3.42. The zero-order valence-corrected chi connectivity index (χ0v) is 27.7. The van der Waals surface area contributed by atoms with Gasteiger partial charge in [0.15, 0.2) is 0 Å². The molecule has 0 aromatic heterocycles. The van der Waals surface area contributed by atoms with E-state index in [2.05, 4.69) is 21.8 Å². The van der Waals surface area contributed by atoms with Crippen molar-refractivity contribution < 1.29 is 32.6 Å². The summed E-state index contributed by atoms with van der Waals surface area (Å²) >= 11 is 0. The first-order chi connectivity index (χ1) is 22.5. The molecule has 0 bridgehead atoms. The number of ether oxygens (including phenoxy) is 2. The highest BCUT2D eigenvalue weighted by molar-refractivity contribution is 7.92. The summed E-state index contributed by atoms with van der Waals surface area (Å²) in [6.45, 7) is 3.29. The van der Waals surface area contributed by atoms with E-state index < -0.39 is 16.0 Å². The molecular weight excluding hydrogens is 618 g/mol. The molecule has 4 aromatic rings. The minimum absolute atomic E-state index is 0.198. The number of likely N-dealkylation sites (N-methyl/N-ethyl adjacent to an activating group) is 1.